The number of hydrogen-bond acceptors (Lipinski definition) is 2. The fourth-order valence-electron chi connectivity index (χ4n) is 2.16. The van der Waals surface area contributed by atoms with Gasteiger partial charge >= 0.3 is 6.18 Å². The summed E-state index contributed by atoms with van der Waals surface area (Å²) in [6.45, 7) is 1.90. The first-order valence-electron chi connectivity index (χ1n) is 6.74. The molecule has 0 aliphatic carbocycles. The average Bonchev–Trinajstić information content (AvgIpc) is 2.46. The molecular weight excluding hydrogens is 312 g/mol. The molecule has 2 aromatic rings. The Morgan fingerprint density at radius 2 is 1.91 bits per heavy atom. The van der Waals surface area contributed by atoms with E-state index < -0.39 is 24.4 Å². The highest BCUT2D eigenvalue weighted by molar-refractivity contribution is 6.06. The molecule has 1 aromatic heterocycles. The van der Waals surface area contributed by atoms with Gasteiger partial charge in [0.1, 0.15) is 12.4 Å². The predicted molar refractivity (Wildman–Crippen MR) is 77.8 cm³/mol. The third-order valence-corrected chi connectivity index (χ3v) is 3.40. The lowest BCUT2D eigenvalue weighted by Crippen LogP contribution is -2.39. The van der Waals surface area contributed by atoms with Gasteiger partial charge in [-0.2, -0.15) is 13.2 Å². The molecule has 0 fully saturated rings. The molecule has 7 heteroatoms. The normalized spacial score (nSPS) is 11.4. The second-order valence-corrected chi connectivity index (χ2v) is 5.12. The van der Waals surface area contributed by atoms with Crippen molar-refractivity contribution in [3.8, 4) is 0 Å². The first-order chi connectivity index (χ1) is 10.7. The zero-order valence-corrected chi connectivity index (χ0v) is 12.5. The number of hydrogen-bond donors (Lipinski definition) is 0. The molecule has 0 N–H and O–H groups in total. The number of nitrogens with zero attached hydrogens (tertiary/aromatic N) is 2. The van der Waals surface area contributed by atoms with E-state index in [0.29, 0.717) is 10.5 Å². The standard InChI is InChI=1S/C16H14F4N2O/c1-10-4-3-5-14(11(10)2)22(9-16(18,19)20)15(23)12-6-13(17)8-21-7-12/h3-8H,9H2,1-2H3. The first-order valence-corrected chi connectivity index (χ1v) is 6.74. The van der Waals surface area contributed by atoms with Crippen LogP contribution in [0.25, 0.3) is 0 Å². The maximum atomic E-state index is 13.2. The summed E-state index contributed by atoms with van der Waals surface area (Å²) in [5, 5.41) is 0. The van der Waals surface area contributed by atoms with Crippen LogP contribution in [0.5, 0.6) is 0 Å². The SMILES string of the molecule is Cc1cccc(N(CC(F)(F)F)C(=O)c2cncc(F)c2)c1C. The van der Waals surface area contributed by atoms with E-state index in [1.807, 2.05) is 0 Å². The summed E-state index contributed by atoms with van der Waals surface area (Å²) in [7, 11) is 0. The zero-order valence-electron chi connectivity index (χ0n) is 12.5. The molecule has 122 valence electrons. The van der Waals surface area contributed by atoms with Gasteiger partial charge in [0.25, 0.3) is 5.91 Å². The number of amides is 1. The van der Waals surface area contributed by atoms with E-state index >= 15 is 0 Å². The third-order valence-electron chi connectivity index (χ3n) is 3.40. The van der Waals surface area contributed by atoms with Crippen LogP contribution < -0.4 is 4.90 Å². The van der Waals surface area contributed by atoms with Crippen molar-refractivity contribution in [2.75, 3.05) is 11.4 Å². The number of pyridine rings is 1. The van der Waals surface area contributed by atoms with Crippen LogP contribution in [-0.4, -0.2) is 23.6 Å². The summed E-state index contributed by atoms with van der Waals surface area (Å²) in [5.74, 6) is -1.74. The Kier molecular flexibility index (Phi) is 4.68. The Labute approximate surface area is 130 Å². The number of halogens is 4. The van der Waals surface area contributed by atoms with Gasteiger partial charge < -0.3 is 0 Å². The number of benzene rings is 1. The maximum Gasteiger partial charge on any atom is 0.406 e. The lowest BCUT2D eigenvalue weighted by Gasteiger charge is -2.26. The number of alkyl halides is 3. The molecular formula is C16H14F4N2O. The number of aryl methyl sites for hydroxylation is 1. The van der Waals surface area contributed by atoms with Gasteiger partial charge in [-0.05, 0) is 37.1 Å². The summed E-state index contributed by atoms with van der Waals surface area (Å²) in [6, 6.07) is 5.60. The van der Waals surface area contributed by atoms with Gasteiger partial charge in [0.05, 0.1) is 11.8 Å². The molecule has 0 saturated carbocycles. The summed E-state index contributed by atoms with van der Waals surface area (Å²) in [4.78, 5) is 16.6. The fourth-order valence-corrected chi connectivity index (χ4v) is 2.16. The highest BCUT2D eigenvalue weighted by Gasteiger charge is 2.35. The number of carbonyl (C=O) groups is 1. The van der Waals surface area contributed by atoms with Crippen molar-refractivity contribution in [3.05, 3.63) is 59.2 Å². The average molecular weight is 326 g/mol. The Morgan fingerprint density at radius 1 is 1.22 bits per heavy atom. The van der Waals surface area contributed by atoms with E-state index in [1.165, 1.54) is 6.07 Å². The van der Waals surface area contributed by atoms with Gasteiger partial charge in [-0.25, -0.2) is 4.39 Å². The van der Waals surface area contributed by atoms with Crippen LogP contribution in [0.15, 0.2) is 36.7 Å². The van der Waals surface area contributed by atoms with Crippen LogP contribution in [0.2, 0.25) is 0 Å². The van der Waals surface area contributed by atoms with Crippen LogP contribution in [0, 0.1) is 19.7 Å². The maximum absolute atomic E-state index is 13.2. The molecule has 23 heavy (non-hydrogen) atoms. The van der Waals surface area contributed by atoms with Gasteiger partial charge in [0.15, 0.2) is 0 Å². The highest BCUT2D eigenvalue weighted by atomic mass is 19.4. The molecule has 1 amide bonds. The minimum absolute atomic E-state index is 0.136. The van der Waals surface area contributed by atoms with Crippen LogP contribution in [0.1, 0.15) is 21.5 Å². The Balaban J connectivity index is 2.50. The highest BCUT2D eigenvalue weighted by Crippen LogP contribution is 2.28. The first kappa shape index (κ1) is 16.9. The van der Waals surface area contributed by atoms with E-state index in [2.05, 4.69) is 4.98 Å². The number of carbonyl (C=O) groups excluding carboxylic acids is 1. The summed E-state index contributed by atoms with van der Waals surface area (Å²) in [6.07, 6.45) is -2.67. The minimum Gasteiger partial charge on any atom is -0.299 e. The molecule has 2 rings (SSSR count). The van der Waals surface area contributed by atoms with Crippen molar-refractivity contribution in [2.24, 2.45) is 0 Å². The van der Waals surface area contributed by atoms with E-state index in [1.54, 1.807) is 26.0 Å². The minimum atomic E-state index is -4.59. The predicted octanol–water partition coefficient (Wildman–Crippen LogP) is 4.05. The largest absolute Gasteiger partial charge is 0.406 e. The summed E-state index contributed by atoms with van der Waals surface area (Å²) < 4.78 is 51.9. The van der Waals surface area contributed by atoms with Crippen LogP contribution in [0.4, 0.5) is 23.2 Å². The zero-order chi connectivity index (χ0) is 17.2. The van der Waals surface area contributed by atoms with Gasteiger partial charge in [-0.1, -0.05) is 12.1 Å². The van der Waals surface area contributed by atoms with Crippen molar-refractivity contribution in [3.63, 3.8) is 0 Å². The number of anilines is 1. The Morgan fingerprint density at radius 3 is 2.52 bits per heavy atom. The molecule has 0 radical (unpaired) electrons. The van der Waals surface area contributed by atoms with Gasteiger partial charge in [-0.3, -0.25) is 14.7 Å². The molecule has 0 atom stereocenters. The smallest absolute Gasteiger partial charge is 0.299 e. The lowest BCUT2D eigenvalue weighted by atomic mass is 10.1. The van der Waals surface area contributed by atoms with Crippen LogP contribution in [0.3, 0.4) is 0 Å². The molecule has 3 nitrogen and oxygen atoms in total. The van der Waals surface area contributed by atoms with E-state index in [4.69, 9.17) is 0 Å². The van der Waals surface area contributed by atoms with Gasteiger partial charge in [-0.15, -0.1) is 0 Å². The van der Waals surface area contributed by atoms with Crippen molar-refractivity contribution >= 4 is 11.6 Å². The topological polar surface area (TPSA) is 33.2 Å². The fraction of sp³-hybridized carbons (Fsp3) is 0.250. The molecule has 1 aromatic carbocycles. The van der Waals surface area contributed by atoms with Crippen LogP contribution >= 0.6 is 0 Å². The van der Waals surface area contributed by atoms with Crippen molar-refractivity contribution in [1.29, 1.82) is 0 Å². The van der Waals surface area contributed by atoms with Crippen molar-refractivity contribution in [1.82, 2.24) is 4.98 Å². The van der Waals surface area contributed by atoms with Crippen molar-refractivity contribution in [2.45, 2.75) is 20.0 Å². The van der Waals surface area contributed by atoms with E-state index in [-0.39, 0.29) is 11.3 Å². The molecule has 0 saturated heterocycles. The second-order valence-electron chi connectivity index (χ2n) is 5.12. The number of rotatable bonds is 3. The monoisotopic (exact) mass is 326 g/mol. The summed E-state index contributed by atoms with van der Waals surface area (Å²) >= 11 is 0. The Hall–Kier alpha value is -2.44. The second kappa shape index (κ2) is 6.36. The molecule has 0 bridgehead atoms. The third kappa shape index (κ3) is 4.06. The molecule has 0 spiro atoms. The molecule has 0 aliphatic rings. The Bertz CT molecular complexity index is 728. The quantitative estimate of drug-likeness (QED) is 0.797. The summed E-state index contributed by atoms with van der Waals surface area (Å²) in [5.41, 5.74) is 1.20. The van der Waals surface area contributed by atoms with Gasteiger partial charge in [0.2, 0.25) is 0 Å². The molecule has 0 unspecified atom stereocenters. The van der Waals surface area contributed by atoms with E-state index in [9.17, 15) is 22.4 Å². The van der Waals surface area contributed by atoms with Crippen LogP contribution in [-0.2, 0) is 0 Å². The lowest BCUT2D eigenvalue weighted by molar-refractivity contribution is -0.118. The molecule has 0 aliphatic heterocycles. The molecule has 1 heterocycles. The van der Waals surface area contributed by atoms with Crippen molar-refractivity contribution < 1.29 is 22.4 Å². The van der Waals surface area contributed by atoms with Gasteiger partial charge in [0, 0.05) is 11.9 Å². The number of aromatic nitrogens is 1. The van der Waals surface area contributed by atoms with E-state index in [0.717, 1.165) is 24.0 Å².